The van der Waals surface area contributed by atoms with Gasteiger partial charge in [0.1, 0.15) is 5.82 Å². The van der Waals surface area contributed by atoms with Crippen molar-refractivity contribution >= 4 is 5.69 Å². The normalized spacial score (nSPS) is 22.5. The number of ether oxygens (including phenoxy) is 1. The minimum absolute atomic E-state index is 0.116. The molecule has 21 heavy (non-hydrogen) atoms. The molecule has 0 aromatic heterocycles. The molecular formula is C17H27FN2O. The topological polar surface area (TPSA) is 24.5 Å². The van der Waals surface area contributed by atoms with Gasteiger partial charge in [0.25, 0.3) is 0 Å². The van der Waals surface area contributed by atoms with Crippen LogP contribution in [0.1, 0.15) is 33.6 Å². The number of hydrogen-bond donors (Lipinski definition) is 1. The van der Waals surface area contributed by atoms with Crippen LogP contribution in [-0.2, 0) is 4.74 Å². The summed E-state index contributed by atoms with van der Waals surface area (Å²) in [7, 11) is 1.92. The SMILES string of the molecule is CN(CC1CCC(CNC(C)(C)C)O1)c1ccccc1F. The van der Waals surface area contributed by atoms with Crippen LogP contribution in [0.3, 0.4) is 0 Å². The highest BCUT2D eigenvalue weighted by molar-refractivity contribution is 5.46. The van der Waals surface area contributed by atoms with Gasteiger partial charge in [-0.25, -0.2) is 4.39 Å². The van der Waals surface area contributed by atoms with Gasteiger partial charge >= 0.3 is 0 Å². The number of anilines is 1. The molecule has 0 spiro atoms. The van der Waals surface area contributed by atoms with Crippen LogP contribution in [0.4, 0.5) is 10.1 Å². The molecule has 2 rings (SSSR count). The first-order chi connectivity index (χ1) is 9.85. The molecule has 1 N–H and O–H groups in total. The van der Waals surface area contributed by atoms with Crippen LogP contribution in [0.5, 0.6) is 0 Å². The highest BCUT2D eigenvalue weighted by atomic mass is 19.1. The molecule has 1 fully saturated rings. The number of hydrogen-bond acceptors (Lipinski definition) is 3. The molecule has 0 bridgehead atoms. The Morgan fingerprint density at radius 1 is 1.24 bits per heavy atom. The minimum Gasteiger partial charge on any atom is -0.372 e. The van der Waals surface area contributed by atoms with Gasteiger partial charge in [-0.15, -0.1) is 0 Å². The Kier molecular flexibility index (Phi) is 5.22. The van der Waals surface area contributed by atoms with Crippen LogP contribution in [0, 0.1) is 5.82 Å². The van der Waals surface area contributed by atoms with Crippen molar-refractivity contribution in [3.8, 4) is 0 Å². The number of para-hydroxylation sites is 1. The van der Waals surface area contributed by atoms with Gasteiger partial charge < -0.3 is 15.0 Å². The van der Waals surface area contributed by atoms with E-state index < -0.39 is 0 Å². The Labute approximate surface area is 127 Å². The highest BCUT2D eigenvalue weighted by Crippen LogP contribution is 2.23. The maximum absolute atomic E-state index is 13.8. The van der Waals surface area contributed by atoms with E-state index in [1.54, 1.807) is 6.07 Å². The molecule has 1 saturated heterocycles. The lowest BCUT2D eigenvalue weighted by atomic mass is 10.1. The summed E-state index contributed by atoms with van der Waals surface area (Å²) in [5, 5.41) is 3.48. The van der Waals surface area contributed by atoms with Crippen molar-refractivity contribution in [3.05, 3.63) is 30.1 Å². The average molecular weight is 294 g/mol. The summed E-state index contributed by atoms with van der Waals surface area (Å²) in [5.41, 5.74) is 0.753. The average Bonchev–Trinajstić information content (AvgIpc) is 2.83. The molecule has 2 unspecified atom stereocenters. The molecule has 4 heteroatoms. The predicted molar refractivity (Wildman–Crippen MR) is 85.3 cm³/mol. The maximum Gasteiger partial charge on any atom is 0.146 e. The van der Waals surface area contributed by atoms with Crippen molar-refractivity contribution in [2.45, 2.75) is 51.4 Å². The second kappa shape index (κ2) is 6.75. The second-order valence-corrected chi connectivity index (χ2v) is 6.92. The lowest BCUT2D eigenvalue weighted by molar-refractivity contribution is 0.0464. The molecule has 1 aromatic carbocycles. The fraction of sp³-hybridized carbons (Fsp3) is 0.647. The largest absolute Gasteiger partial charge is 0.372 e. The first kappa shape index (κ1) is 16.2. The highest BCUT2D eigenvalue weighted by Gasteiger charge is 2.27. The second-order valence-electron chi connectivity index (χ2n) is 6.92. The van der Waals surface area contributed by atoms with E-state index in [1.807, 2.05) is 24.1 Å². The zero-order valence-corrected chi connectivity index (χ0v) is 13.5. The summed E-state index contributed by atoms with van der Waals surface area (Å²) < 4.78 is 19.8. The van der Waals surface area contributed by atoms with E-state index in [2.05, 4.69) is 26.1 Å². The third-order valence-corrected chi connectivity index (χ3v) is 3.80. The first-order valence-corrected chi connectivity index (χ1v) is 7.71. The Morgan fingerprint density at radius 3 is 2.57 bits per heavy atom. The molecule has 1 aliphatic rings. The van der Waals surface area contributed by atoms with Gasteiger partial charge in [0, 0.05) is 25.7 Å². The standard InChI is InChI=1S/C17H27FN2O/c1-17(2,3)19-11-13-9-10-14(21-13)12-20(4)16-8-6-5-7-15(16)18/h5-8,13-14,19H,9-12H2,1-4H3. The number of halogens is 1. The zero-order valence-electron chi connectivity index (χ0n) is 13.5. The summed E-state index contributed by atoms with van der Waals surface area (Å²) in [6.45, 7) is 8.08. The summed E-state index contributed by atoms with van der Waals surface area (Å²) in [6, 6.07) is 6.88. The fourth-order valence-corrected chi connectivity index (χ4v) is 2.65. The van der Waals surface area contributed by atoms with Crippen molar-refractivity contribution in [2.24, 2.45) is 0 Å². The van der Waals surface area contributed by atoms with Crippen molar-refractivity contribution in [2.75, 3.05) is 25.0 Å². The fourth-order valence-electron chi connectivity index (χ4n) is 2.65. The predicted octanol–water partition coefficient (Wildman–Crippen LogP) is 3.20. The van der Waals surface area contributed by atoms with Gasteiger partial charge in [-0.1, -0.05) is 12.1 Å². The third-order valence-electron chi connectivity index (χ3n) is 3.80. The summed E-state index contributed by atoms with van der Waals surface area (Å²) in [5.74, 6) is -0.177. The van der Waals surface area contributed by atoms with Crippen LogP contribution >= 0.6 is 0 Å². The lowest BCUT2D eigenvalue weighted by Crippen LogP contribution is -2.41. The number of benzene rings is 1. The monoisotopic (exact) mass is 294 g/mol. The Morgan fingerprint density at radius 2 is 1.90 bits per heavy atom. The number of likely N-dealkylation sites (N-methyl/N-ethyl adjacent to an activating group) is 1. The molecule has 1 aliphatic heterocycles. The molecule has 1 aromatic rings. The number of nitrogens with one attached hydrogen (secondary N) is 1. The van der Waals surface area contributed by atoms with Crippen molar-refractivity contribution in [1.29, 1.82) is 0 Å². The van der Waals surface area contributed by atoms with E-state index >= 15 is 0 Å². The first-order valence-electron chi connectivity index (χ1n) is 7.71. The van der Waals surface area contributed by atoms with Gasteiger partial charge in [0.05, 0.1) is 17.9 Å². The van der Waals surface area contributed by atoms with E-state index in [4.69, 9.17) is 4.74 Å². The zero-order chi connectivity index (χ0) is 15.5. The summed E-state index contributed by atoms with van der Waals surface area (Å²) in [4.78, 5) is 1.94. The molecule has 1 heterocycles. The van der Waals surface area contributed by atoms with E-state index in [1.165, 1.54) is 6.07 Å². The Hall–Kier alpha value is -1.13. The van der Waals surface area contributed by atoms with Crippen LogP contribution in [0.2, 0.25) is 0 Å². The quantitative estimate of drug-likeness (QED) is 0.902. The van der Waals surface area contributed by atoms with Crippen LogP contribution in [0.15, 0.2) is 24.3 Å². The molecular weight excluding hydrogens is 267 g/mol. The number of rotatable bonds is 5. The molecule has 0 radical (unpaired) electrons. The Bertz CT molecular complexity index is 458. The lowest BCUT2D eigenvalue weighted by Gasteiger charge is -2.25. The van der Waals surface area contributed by atoms with Gasteiger partial charge in [0.15, 0.2) is 0 Å². The van der Waals surface area contributed by atoms with E-state index in [9.17, 15) is 4.39 Å². The molecule has 0 aliphatic carbocycles. The van der Waals surface area contributed by atoms with E-state index in [0.717, 1.165) is 25.9 Å². The molecule has 3 nitrogen and oxygen atoms in total. The summed E-state index contributed by atoms with van der Waals surface area (Å²) in [6.07, 6.45) is 2.55. The molecule has 2 atom stereocenters. The van der Waals surface area contributed by atoms with Crippen molar-refractivity contribution in [1.82, 2.24) is 5.32 Å². The minimum atomic E-state index is -0.177. The van der Waals surface area contributed by atoms with E-state index in [-0.39, 0.29) is 23.6 Å². The molecule has 0 amide bonds. The third kappa shape index (κ3) is 4.97. The van der Waals surface area contributed by atoms with Gasteiger partial charge in [0.2, 0.25) is 0 Å². The molecule has 0 saturated carbocycles. The summed E-state index contributed by atoms with van der Waals surface area (Å²) >= 11 is 0. The van der Waals surface area contributed by atoms with Crippen molar-refractivity contribution in [3.63, 3.8) is 0 Å². The number of nitrogens with zero attached hydrogens (tertiary/aromatic N) is 1. The van der Waals surface area contributed by atoms with Crippen LogP contribution in [0.25, 0.3) is 0 Å². The smallest absolute Gasteiger partial charge is 0.146 e. The van der Waals surface area contributed by atoms with Crippen LogP contribution in [-0.4, -0.2) is 37.9 Å². The van der Waals surface area contributed by atoms with Gasteiger partial charge in [-0.2, -0.15) is 0 Å². The maximum atomic E-state index is 13.8. The van der Waals surface area contributed by atoms with Crippen molar-refractivity contribution < 1.29 is 9.13 Å². The molecule has 118 valence electrons. The van der Waals surface area contributed by atoms with Crippen LogP contribution < -0.4 is 10.2 Å². The van der Waals surface area contributed by atoms with Gasteiger partial charge in [-0.05, 0) is 45.7 Å². The van der Waals surface area contributed by atoms with Gasteiger partial charge in [-0.3, -0.25) is 0 Å². The van der Waals surface area contributed by atoms with E-state index in [0.29, 0.717) is 5.69 Å². The Balaban J connectivity index is 1.81.